The fourth-order valence-corrected chi connectivity index (χ4v) is 1.74. The molecule has 2 N–H and O–H groups in total. The van der Waals surface area contributed by atoms with E-state index in [0.29, 0.717) is 17.0 Å². The lowest BCUT2D eigenvalue weighted by molar-refractivity contribution is 0.301. The maximum atomic E-state index is 13.4. The number of aryl methyl sites for hydroxylation is 1. The van der Waals surface area contributed by atoms with E-state index in [1.165, 1.54) is 12.1 Å². The molecule has 19 heavy (non-hydrogen) atoms. The lowest BCUT2D eigenvalue weighted by Gasteiger charge is -2.10. The molecule has 0 unspecified atom stereocenters. The molecule has 0 saturated carbocycles. The Balaban J connectivity index is 2.10. The summed E-state index contributed by atoms with van der Waals surface area (Å²) in [5.74, 6) is -0.724. The summed E-state index contributed by atoms with van der Waals surface area (Å²) in [6.45, 7) is 2.05. The van der Waals surface area contributed by atoms with Crippen LogP contribution in [0.3, 0.4) is 0 Å². The maximum Gasteiger partial charge on any atom is 0.142 e. The molecule has 2 aromatic rings. The van der Waals surface area contributed by atoms with Gasteiger partial charge in [0.25, 0.3) is 0 Å². The van der Waals surface area contributed by atoms with E-state index in [4.69, 9.17) is 10.5 Å². The van der Waals surface area contributed by atoms with Gasteiger partial charge in [-0.05, 0) is 36.2 Å². The quantitative estimate of drug-likeness (QED) is 0.854. The molecule has 0 aliphatic carbocycles. The Kier molecular flexibility index (Phi) is 4.00. The summed E-state index contributed by atoms with van der Waals surface area (Å²) in [6.07, 6.45) is 0.886. The van der Waals surface area contributed by atoms with Gasteiger partial charge in [0, 0.05) is 11.6 Å². The van der Waals surface area contributed by atoms with Crippen LogP contribution in [0.1, 0.15) is 18.1 Å². The number of nitrogens with two attached hydrogens (primary N) is 1. The van der Waals surface area contributed by atoms with Crippen molar-refractivity contribution in [1.82, 2.24) is 0 Å². The van der Waals surface area contributed by atoms with Gasteiger partial charge in [-0.25, -0.2) is 8.78 Å². The lowest BCUT2D eigenvalue weighted by Crippen LogP contribution is -2.01. The van der Waals surface area contributed by atoms with Gasteiger partial charge in [-0.1, -0.05) is 13.0 Å². The van der Waals surface area contributed by atoms with Crippen LogP contribution in [0.5, 0.6) is 5.75 Å². The van der Waals surface area contributed by atoms with Crippen LogP contribution in [0.25, 0.3) is 0 Å². The van der Waals surface area contributed by atoms with Crippen LogP contribution in [0, 0.1) is 11.6 Å². The summed E-state index contributed by atoms with van der Waals surface area (Å²) in [5, 5.41) is 0. The van der Waals surface area contributed by atoms with Gasteiger partial charge in [-0.15, -0.1) is 0 Å². The Morgan fingerprint density at radius 3 is 2.53 bits per heavy atom. The van der Waals surface area contributed by atoms with E-state index in [1.807, 2.05) is 19.1 Å². The molecule has 0 aliphatic heterocycles. The van der Waals surface area contributed by atoms with Gasteiger partial charge in [-0.3, -0.25) is 0 Å². The average Bonchev–Trinajstić information content (AvgIpc) is 2.39. The van der Waals surface area contributed by atoms with Crippen molar-refractivity contribution in [2.24, 2.45) is 0 Å². The van der Waals surface area contributed by atoms with E-state index in [1.54, 1.807) is 6.07 Å². The average molecular weight is 263 g/mol. The number of anilines is 1. The minimum atomic E-state index is -0.622. The van der Waals surface area contributed by atoms with E-state index < -0.39 is 11.6 Å². The Bertz CT molecular complexity index is 584. The molecule has 0 heterocycles. The van der Waals surface area contributed by atoms with Crippen molar-refractivity contribution in [1.29, 1.82) is 0 Å². The minimum Gasteiger partial charge on any atom is -0.487 e. The number of hydrogen-bond donors (Lipinski definition) is 1. The second-order valence-corrected chi connectivity index (χ2v) is 4.25. The molecule has 2 nitrogen and oxygen atoms in total. The summed E-state index contributed by atoms with van der Waals surface area (Å²) in [5.41, 5.74) is 7.76. The maximum absolute atomic E-state index is 13.4. The zero-order valence-corrected chi connectivity index (χ0v) is 10.6. The zero-order valence-electron chi connectivity index (χ0n) is 10.6. The Hall–Kier alpha value is -2.10. The number of ether oxygens (including phenoxy) is 1. The highest BCUT2D eigenvalue weighted by atomic mass is 19.1. The zero-order chi connectivity index (χ0) is 13.8. The first-order valence-electron chi connectivity index (χ1n) is 6.05. The lowest BCUT2D eigenvalue weighted by atomic mass is 10.1. The van der Waals surface area contributed by atoms with Crippen molar-refractivity contribution in [3.63, 3.8) is 0 Å². The molecule has 0 atom stereocenters. The predicted octanol–water partition coefficient (Wildman–Crippen LogP) is 3.69. The van der Waals surface area contributed by atoms with E-state index in [2.05, 4.69) is 0 Å². The highest BCUT2D eigenvalue weighted by Gasteiger charge is 2.06. The van der Waals surface area contributed by atoms with Crippen LogP contribution >= 0.6 is 0 Å². The first kappa shape index (κ1) is 13.3. The van der Waals surface area contributed by atoms with Crippen molar-refractivity contribution in [3.05, 3.63) is 59.2 Å². The molecule has 0 fully saturated rings. The van der Waals surface area contributed by atoms with Crippen LogP contribution in [0.2, 0.25) is 0 Å². The van der Waals surface area contributed by atoms with Gasteiger partial charge in [0.15, 0.2) is 0 Å². The van der Waals surface area contributed by atoms with Crippen LogP contribution in [-0.4, -0.2) is 0 Å². The third-order valence-electron chi connectivity index (χ3n) is 2.88. The van der Waals surface area contributed by atoms with E-state index in [0.717, 1.165) is 18.1 Å². The molecule has 4 heteroatoms. The number of rotatable bonds is 4. The minimum absolute atomic E-state index is 0.0157. The Morgan fingerprint density at radius 2 is 1.89 bits per heavy atom. The number of hydrogen-bond acceptors (Lipinski definition) is 2. The Labute approximate surface area is 110 Å². The topological polar surface area (TPSA) is 35.2 Å². The second-order valence-electron chi connectivity index (χ2n) is 4.25. The van der Waals surface area contributed by atoms with E-state index in [9.17, 15) is 8.78 Å². The monoisotopic (exact) mass is 263 g/mol. The highest BCUT2D eigenvalue weighted by Crippen LogP contribution is 2.24. The summed E-state index contributed by atoms with van der Waals surface area (Å²) < 4.78 is 31.6. The molecular formula is C15H15F2NO. The predicted molar refractivity (Wildman–Crippen MR) is 70.9 cm³/mol. The fourth-order valence-electron chi connectivity index (χ4n) is 1.74. The first-order valence-corrected chi connectivity index (χ1v) is 6.05. The first-order chi connectivity index (χ1) is 9.10. The number of halogens is 2. The second kappa shape index (κ2) is 5.69. The molecule has 0 aliphatic rings. The third kappa shape index (κ3) is 3.22. The fraction of sp³-hybridized carbons (Fsp3) is 0.200. The molecule has 2 rings (SSSR count). The van der Waals surface area contributed by atoms with Gasteiger partial charge in [0.2, 0.25) is 0 Å². The van der Waals surface area contributed by atoms with Crippen molar-refractivity contribution in [3.8, 4) is 5.75 Å². The normalized spacial score (nSPS) is 10.5. The van der Waals surface area contributed by atoms with Crippen LogP contribution in [-0.2, 0) is 13.0 Å². The molecular weight excluding hydrogens is 248 g/mol. The molecule has 0 spiro atoms. The summed E-state index contributed by atoms with van der Waals surface area (Å²) in [7, 11) is 0. The van der Waals surface area contributed by atoms with Gasteiger partial charge in [-0.2, -0.15) is 0 Å². The van der Waals surface area contributed by atoms with Crippen molar-refractivity contribution in [2.45, 2.75) is 20.0 Å². The van der Waals surface area contributed by atoms with E-state index >= 15 is 0 Å². The van der Waals surface area contributed by atoms with Crippen LogP contribution < -0.4 is 10.5 Å². The largest absolute Gasteiger partial charge is 0.487 e. The highest BCUT2D eigenvalue weighted by molar-refractivity contribution is 5.54. The smallest absolute Gasteiger partial charge is 0.142 e. The third-order valence-corrected chi connectivity index (χ3v) is 2.88. The molecule has 0 aromatic heterocycles. The van der Waals surface area contributed by atoms with Gasteiger partial charge in [0.05, 0.1) is 5.69 Å². The molecule has 0 amide bonds. The summed E-state index contributed by atoms with van der Waals surface area (Å²) in [4.78, 5) is 0. The van der Waals surface area contributed by atoms with E-state index in [-0.39, 0.29) is 6.61 Å². The standard InChI is InChI=1S/C15H15F2NO/c1-2-10-3-6-15(14(18)7-10)19-9-11-4-5-12(16)8-13(11)17/h3-8H,2,9,18H2,1H3. The molecule has 100 valence electrons. The molecule has 2 aromatic carbocycles. The van der Waals surface area contributed by atoms with Gasteiger partial charge in [0.1, 0.15) is 24.0 Å². The van der Waals surface area contributed by atoms with Crippen molar-refractivity contribution < 1.29 is 13.5 Å². The summed E-state index contributed by atoms with van der Waals surface area (Å²) in [6, 6.07) is 8.90. The number of nitrogen functional groups attached to an aromatic ring is 1. The molecule has 0 saturated heterocycles. The number of benzene rings is 2. The van der Waals surface area contributed by atoms with Crippen LogP contribution in [0.15, 0.2) is 36.4 Å². The summed E-state index contributed by atoms with van der Waals surface area (Å²) >= 11 is 0. The van der Waals surface area contributed by atoms with Crippen molar-refractivity contribution >= 4 is 5.69 Å². The van der Waals surface area contributed by atoms with Crippen LogP contribution in [0.4, 0.5) is 14.5 Å². The SMILES string of the molecule is CCc1ccc(OCc2ccc(F)cc2F)c(N)c1. The Morgan fingerprint density at radius 1 is 1.11 bits per heavy atom. The molecule has 0 bridgehead atoms. The van der Waals surface area contributed by atoms with Gasteiger partial charge >= 0.3 is 0 Å². The van der Waals surface area contributed by atoms with Gasteiger partial charge < -0.3 is 10.5 Å². The van der Waals surface area contributed by atoms with Crippen molar-refractivity contribution in [2.75, 3.05) is 5.73 Å². The molecule has 0 radical (unpaired) electrons.